The van der Waals surface area contributed by atoms with Crippen LogP contribution in [0.3, 0.4) is 0 Å². The van der Waals surface area contributed by atoms with E-state index in [0.717, 1.165) is 14.9 Å². The molecular formula is C16H17BrF3N3O3. The number of alkyl halides is 3. The Labute approximate surface area is 156 Å². The van der Waals surface area contributed by atoms with E-state index >= 15 is 0 Å². The number of hydrogen-bond donors (Lipinski definition) is 0. The van der Waals surface area contributed by atoms with E-state index in [0.29, 0.717) is 26.1 Å². The number of carbonyl (C=O) groups is 1. The van der Waals surface area contributed by atoms with Gasteiger partial charge in [-0.1, -0.05) is 28.1 Å². The van der Waals surface area contributed by atoms with Crippen LogP contribution in [0.25, 0.3) is 0 Å². The number of piperidine rings is 1. The quantitative estimate of drug-likeness (QED) is 0.663. The SMILES string of the molecule is N#N.O=C(N1CCC(C2(c3ccc(Br)cc3)OCCO2)CC1)C(F)(F)F. The van der Waals surface area contributed by atoms with Crippen molar-refractivity contribution in [1.82, 2.24) is 4.90 Å². The third kappa shape index (κ3) is 4.16. The van der Waals surface area contributed by atoms with E-state index in [1.807, 2.05) is 24.3 Å². The van der Waals surface area contributed by atoms with E-state index in [1.165, 1.54) is 0 Å². The average Bonchev–Trinajstić information content (AvgIpc) is 3.14. The number of benzene rings is 1. The molecule has 1 aromatic carbocycles. The summed E-state index contributed by atoms with van der Waals surface area (Å²) in [4.78, 5) is 12.2. The summed E-state index contributed by atoms with van der Waals surface area (Å²) in [5.74, 6) is -2.81. The van der Waals surface area contributed by atoms with Crippen LogP contribution in [0, 0.1) is 16.7 Å². The first-order valence-corrected chi connectivity index (χ1v) is 8.72. The smallest absolute Gasteiger partial charge is 0.343 e. The van der Waals surface area contributed by atoms with Crippen LogP contribution in [0.1, 0.15) is 18.4 Å². The summed E-state index contributed by atoms with van der Waals surface area (Å²) in [5.41, 5.74) is 0.851. The molecule has 1 amide bonds. The molecule has 0 unspecified atom stereocenters. The van der Waals surface area contributed by atoms with Crippen LogP contribution in [0.2, 0.25) is 0 Å². The van der Waals surface area contributed by atoms with Gasteiger partial charge in [0.1, 0.15) is 0 Å². The highest BCUT2D eigenvalue weighted by Gasteiger charge is 2.49. The number of carbonyl (C=O) groups excluding carboxylic acids is 1. The van der Waals surface area contributed by atoms with Gasteiger partial charge >= 0.3 is 12.1 Å². The molecule has 2 heterocycles. The Bertz CT molecular complexity index is 638. The molecule has 2 fully saturated rings. The maximum atomic E-state index is 12.6. The van der Waals surface area contributed by atoms with Gasteiger partial charge in [-0.05, 0) is 25.0 Å². The second-order valence-corrected chi connectivity index (χ2v) is 6.85. The molecule has 3 rings (SSSR count). The van der Waals surface area contributed by atoms with Crippen LogP contribution in [-0.4, -0.2) is 43.3 Å². The Hall–Kier alpha value is -1.70. The van der Waals surface area contributed by atoms with Gasteiger partial charge in [0.25, 0.3) is 0 Å². The van der Waals surface area contributed by atoms with Gasteiger partial charge in [0.15, 0.2) is 5.79 Å². The van der Waals surface area contributed by atoms with E-state index in [1.54, 1.807) is 0 Å². The molecule has 2 aliphatic heterocycles. The van der Waals surface area contributed by atoms with E-state index in [-0.39, 0.29) is 19.0 Å². The maximum absolute atomic E-state index is 12.6. The number of amides is 1. The fourth-order valence-corrected chi connectivity index (χ4v) is 3.65. The summed E-state index contributed by atoms with van der Waals surface area (Å²) in [6.45, 7) is 0.984. The van der Waals surface area contributed by atoms with E-state index in [2.05, 4.69) is 15.9 Å². The van der Waals surface area contributed by atoms with Crippen molar-refractivity contribution in [2.45, 2.75) is 24.8 Å². The van der Waals surface area contributed by atoms with Crippen molar-refractivity contribution in [1.29, 1.82) is 10.8 Å². The molecule has 2 aliphatic rings. The van der Waals surface area contributed by atoms with Crippen LogP contribution in [0.4, 0.5) is 13.2 Å². The minimum absolute atomic E-state index is 0.0496. The number of halogens is 4. The highest BCUT2D eigenvalue weighted by molar-refractivity contribution is 9.10. The highest BCUT2D eigenvalue weighted by atomic mass is 79.9. The summed E-state index contributed by atoms with van der Waals surface area (Å²) in [6, 6.07) is 7.54. The predicted octanol–water partition coefficient (Wildman–Crippen LogP) is 3.48. The molecule has 142 valence electrons. The topological polar surface area (TPSA) is 86.4 Å². The molecule has 0 aromatic heterocycles. The number of rotatable bonds is 2. The largest absolute Gasteiger partial charge is 0.471 e. The van der Waals surface area contributed by atoms with Crippen LogP contribution < -0.4 is 0 Å². The van der Waals surface area contributed by atoms with Crippen molar-refractivity contribution < 1.29 is 27.4 Å². The van der Waals surface area contributed by atoms with Gasteiger partial charge in [-0.25, -0.2) is 0 Å². The number of likely N-dealkylation sites (tertiary alicyclic amines) is 1. The van der Waals surface area contributed by atoms with Crippen molar-refractivity contribution in [2.24, 2.45) is 5.92 Å². The fraction of sp³-hybridized carbons (Fsp3) is 0.562. The first-order valence-electron chi connectivity index (χ1n) is 7.93. The summed E-state index contributed by atoms with van der Waals surface area (Å²) < 4.78 is 50.4. The third-order valence-electron chi connectivity index (χ3n) is 4.53. The number of nitrogens with zero attached hydrogens (tertiary/aromatic N) is 3. The van der Waals surface area contributed by atoms with E-state index < -0.39 is 17.9 Å². The standard InChI is InChI=1S/C16H17BrF3NO3.N2/c17-13-3-1-11(2-4-13)15(23-9-10-24-15)12-5-7-21(8-6-12)14(22)16(18,19)20;1-2/h1-4,12H,5-10H2;. The number of ether oxygens (including phenoxy) is 2. The minimum atomic E-state index is -4.82. The lowest BCUT2D eigenvalue weighted by atomic mass is 9.84. The van der Waals surface area contributed by atoms with Crippen molar-refractivity contribution in [3.8, 4) is 0 Å². The molecule has 0 radical (unpaired) electrons. The highest BCUT2D eigenvalue weighted by Crippen LogP contribution is 2.44. The van der Waals surface area contributed by atoms with E-state index in [9.17, 15) is 18.0 Å². The molecule has 0 aliphatic carbocycles. The third-order valence-corrected chi connectivity index (χ3v) is 5.05. The predicted molar refractivity (Wildman–Crippen MR) is 86.5 cm³/mol. The van der Waals surface area contributed by atoms with E-state index in [4.69, 9.17) is 20.3 Å². The molecular weight excluding hydrogens is 419 g/mol. The molecule has 6 nitrogen and oxygen atoms in total. The lowest BCUT2D eigenvalue weighted by Gasteiger charge is -2.41. The lowest BCUT2D eigenvalue weighted by Crippen LogP contribution is -2.49. The van der Waals surface area contributed by atoms with Crippen molar-refractivity contribution in [2.75, 3.05) is 26.3 Å². The molecule has 0 atom stereocenters. The fourth-order valence-electron chi connectivity index (χ4n) is 3.39. The normalized spacial score (nSPS) is 20.3. The molecule has 0 saturated carbocycles. The number of hydrogen-bond acceptors (Lipinski definition) is 5. The van der Waals surface area contributed by atoms with Gasteiger partial charge in [0.2, 0.25) is 0 Å². The Balaban J connectivity index is 0.00000117. The second-order valence-electron chi connectivity index (χ2n) is 5.94. The molecule has 0 spiro atoms. The van der Waals surface area contributed by atoms with Gasteiger partial charge in [-0.2, -0.15) is 13.2 Å². The molecule has 10 heteroatoms. The van der Waals surface area contributed by atoms with Crippen LogP contribution in [0.15, 0.2) is 28.7 Å². The molecule has 26 heavy (non-hydrogen) atoms. The minimum Gasteiger partial charge on any atom is -0.343 e. The molecule has 0 bridgehead atoms. The summed E-state index contributed by atoms with van der Waals surface area (Å²) >= 11 is 3.38. The van der Waals surface area contributed by atoms with Crippen LogP contribution >= 0.6 is 15.9 Å². The second kappa shape index (κ2) is 8.33. The van der Waals surface area contributed by atoms with Gasteiger partial charge in [0, 0.05) is 39.8 Å². The Morgan fingerprint density at radius 2 is 1.62 bits per heavy atom. The van der Waals surface area contributed by atoms with Gasteiger partial charge in [0.05, 0.1) is 13.2 Å². The van der Waals surface area contributed by atoms with Crippen molar-refractivity contribution in [3.05, 3.63) is 34.3 Å². The summed E-state index contributed by atoms with van der Waals surface area (Å²) in [5, 5.41) is 12.0. The Kier molecular flexibility index (Phi) is 6.60. The zero-order valence-corrected chi connectivity index (χ0v) is 15.3. The van der Waals surface area contributed by atoms with Crippen LogP contribution in [-0.2, 0) is 20.1 Å². The monoisotopic (exact) mass is 435 g/mol. The Morgan fingerprint density at radius 1 is 1.12 bits per heavy atom. The van der Waals surface area contributed by atoms with Gasteiger partial charge < -0.3 is 14.4 Å². The average molecular weight is 436 g/mol. The zero-order valence-electron chi connectivity index (χ0n) is 13.7. The van der Waals surface area contributed by atoms with Crippen molar-refractivity contribution in [3.63, 3.8) is 0 Å². The lowest BCUT2D eigenvalue weighted by molar-refractivity contribution is -0.218. The van der Waals surface area contributed by atoms with Gasteiger partial charge in [-0.15, -0.1) is 0 Å². The summed E-state index contributed by atoms with van der Waals surface area (Å²) in [7, 11) is 0. The zero-order chi connectivity index (χ0) is 19.4. The summed E-state index contributed by atoms with van der Waals surface area (Å²) in [6.07, 6.45) is -4.02. The molecule has 0 N–H and O–H groups in total. The van der Waals surface area contributed by atoms with Crippen molar-refractivity contribution >= 4 is 21.8 Å². The molecule has 2 saturated heterocycles. The van der Waals surface area contributed by atoms with Crippen LogP contribution in [0.5, 0.6) is 0 Å². The first kappa shape index (κ1) is 20.6. The van der Waals surface area contributed by atoms with Gasteiger partial charge in [-0.3, -0.25) is 4.79 Å². The molecule has 1 aromatic rings. The first-order chi connectivity index (χ1) is 12.3. The maximum Gasteiger partial charge on any atom is 0.471 e. The Morgan fingerprint density at radius 3 is 2.08 bits per heavy atom.